The summed E-state index contributed by atoms with van der Waals surface area (Å²) in [5.74, 6) is 0.798. The van der Waals surface area contributed by atoms with Crippen molar-refractivity contribution in [2.75, 3.05) is 26.8 Å². The zero-order chi connectivity index (χ0) is 12.9. The molecule has 1 rings (SSSR count). The monoisotopic (exact) mass is 243 g/mol. The lowest BCUT2D eigenvalue weighted by Crippen LogP contribution is -2.39. The van der Waals surface area contributed by atoms with Gasteiger partial charge in [-0.15, -0.1) is 0 Å². The fourth-order valence-corrected chi connectivity index (χ4v) is 2.54. The maximum Gasteiger partial charge on any atom is 0.312 e. The van der Waals surface area contributed by atoms with Crippen LogP contribution in [0, 0.1) is 17.3 Å². The minimum absolute atomic E-state index is 0.185. The molecule has 1 fully saturated rings. The van der Waals surface area contributed by atoms with Gasteiger partial charge in [0.15, 0.2) is 0 Å². The van der Waals surface area contributed by atoms with Crippen molar-refractivity contribution >= 4 is 5.97 Å². The highest BCUT2D eigenvalue weighted by atomic mass is 16.5. The minimum atomic E-state index is -0.484. The normalized spacial score (nSPS) is 24.9. The second kappa shape index (κ2) is 6.36. The number of carbonyl (C=O) groups excluding carboxylic acids is 1. The highest BCUT2D eigenvalue weighted by Crippen LogP contribution is 2.30. The predicted molar refractivity (Wildman–Crippen MR) is 66.6 cm³/mol. The molecule has 0 spiro atoms. The molecule has 1 saturated carbocycles. The van der Waals surface area contributed by atoms with Crippen molar-refractivity contribution in [1.29, 1.82) is 0 Å². The van der Waals surface area contributed by atoms with E-state index in [2.05, 4.69) is 5.32 Å². The summed E-state index contributed by atoms with van der Waals surface area (Å²) in [6.07, 6.45) is 3.51. The molecule has 0 aromatic carbocycles. The Bertz CT molecular complexity index is 253. The molecule has 0 aliphatic heterocycles. The number of ether oxygens (including phenoxy) is 1. The summed E-state index contributed by atoms with van der Waals surface area (Å²) >= 11 is 0. The maximum absolute atomic E-state index is 11.5. The molecule has 17 heavy (non-hydrogen) atoms. The molecule has 100 valence electrons. The second-order valence-electron chi connectivity index (χ2n) is 5.64. The summed E-state index contributed by atoms with van der Waals surface area (Å²) in [5.41, 5.74) is -0.484. The van der Waals surface area contributed by atoms with E-state index in [4.69, 9.17) is 4.74 Å². The highest BCUT2D eigenvalue weighted by molar-refractivity contribution is 5.76. The summed E-state index contributed by atoms with van der Waals surface area (Å²) in [6.45, 7) is 5.54. The van der Waals surface area contributed by atoms with E-state index in [0.29, 0.717) is 18.4 Å². The molecule has 0 heterocycles. The number of nitrogens with one attached hydrogen (secondary N) is 1. The number of carbonyl (C=O) groups is 1. The average molecular weight is 243 g/mol. The highest BCUT2D eigenvalue weighted by Gasteiger charge is 2.30. The van der Waals surface area contributed by atoms with Crippen molar-refractivity contribution in [2.24, 2.45) is 17.3 Å². The van der Waals surface area contributed by atoms with Crippen LogP contribution in [0.15, 0.2) is 0 Å². The number of methoxy groups -OCH3 is 1. The number of aliphatic hydroxyl groups excluding tert-OH is 1. The van der Waals surface area contributed by atoms with Crippen LogP contribution in [0.25, 0.3) is 0 Å². The Hall–Kier alpha value is -0.610. The Labute approximate surface area is 104 Å². The maximum atomic E-state index is 11.5. The zero-order valence-electron chi connectivity index (χ0n) is 11.2. The summed E-state index contributed by atoms with van der Waals surface area (Å²) in [7, 11) is 1.42. The fourth-order valence-electron chi connectivity index (χ4n) is 2.54. The largest absolute Gasteiger partial charge is 0.469 e. The van der Waals surface area contributed by atoms with Crippen LogP contribution in [0.5, 0.6) is 0 Å². The number of esters is 1. The van der Waals surface area contributed by atoms with Gasteiger partial charge >= 0.3 is 5.97 Å². The van der Waals surface area contributed by atoms with Crippen LogP contribution in [-0.2, 0) is 9.53 Å². The molecule has 2 unspecified atom stereocenters. The van der Waals surface area contributed by atoms with Crippen LogP contribution in [-0.4, -0.2) is 37.9 Å². The average Bonchev–Trinajstić information content (AvgIpc) is 2.75. The van der Waals surface area contributed by atoms with E-state index in [1.54, 1.807) is 0 Å². The van der Waals surface area contributed by atoms with Crippen LogP contribution in [0.3, 0.4) is 0 Å². The molecule has 4 nitrogen and oxygen atoms in total. The Kier molecular flexibility index (Phi) is 5.40. The first-order valence-corrected chi connectivity index (χ1v) is 6.41. The molecular formula is C13H25NO3. The summed E-state index contributed by atoms with van der Waals surface area (Å²) in [5, 5.41) is 12.6. The van der Waals surface area contributed by atoms with E-state index < -0.39 is 5.41 Å². The van der Waals surface area contributed by atoms with Gasteiger partial charge in [0.1, 0.15) is 0 Å². The Morgan fingerprint density at radius 1 is 1.41 bits per heavy atom. The predicted octanol–water partition coefficient (Wildman–Crippen LogP) is 1.18. The van der Waals surface area contributed by atoms with Gasteiger partial charge in [-0.1, -0.05) is 6.42 Å². The lowest BCUT2D eigenvalue weighted by Gasteiger charge is -2.24. The van der Waals surface area contributed by atoms with Crippen molar-refractivity contribution in [3.05, 3.63) is 0 Å². The van der Waals surface area contributed by atoms with Gasteiger partial charge in [0.2, 0.25) is 0 Å². The lowest BCUT2D eigenvalue weighted by atomic mass is 9.92. The van der Waals surface area contributed by atoms with E-state index in [-0.39, 0.29) is 12.6 Å². The van der Waals surface area contributed by atoms with Gasteiger partial charge in [-0.25, -0.2) is 0 Å². The molecule has 1 aliphatic rings. The van der Waals surface area contributed by atoms with Gasteiger partial charge in [0, 0.05) is 13.2 Å². The first-order chi connectivity index (χ1) is 8.01. The Balaban J connectivity index is 2.29. The zero-order valence-corrected chi connectivity index (χ0v) is 11.2. The van der Waals surface area contributed by atoms with Crippen LogP contribution < -0.4 is 5.32 Å². The first-order valence-electron chi connectivity index (χ1n) is 6.41. The SMILES string of the molecule is COC(=O)C(C)(C)CNCC1CCCC1CO. The fraction of sp³-hybridized carbons (Fsp3) is 0.923. The Morgan fingerprint density at radius 3 is 2.65 bits per heavy atom. The summed E-state index contributed by atoms with van der Waals surface area (Å²) in [4.78, 5) is 11.5. The van der Waals surface area contributed by atoms with E-state index in [9.17, 15) is 9.90 Å². The van der Waals surface area contributed by atoms with Crippen LogP contribution in [0.4, 0.5) is 0 Å². The van der Waals surface area contributed by atoms with E-state index in [0.717, 1.165) is 13.0 Å². The number of rotatable bonds is 6. The van der Waals surface area contributed by atoms with Crippen molar-refractivity contribution in [3.63, 3.8) is 0 Å². The number of aliphatic hydroxyl groups is 1. The van der Waals surface area contributed by atoms with Crippen LogP contribution in [0.1, 0.15) is 33.1 Å². The molecule has 4 heteroatoms. The molecule has 0 saturated heterocycles. The third kappa shape index (κ3) is 3.96. The molecule has 0 aromatic heterocycles. The van der Waals surface area contributed by atoms with E-state index >= 15 is 0 Å². The molecular weight excluding hydrogens is 218 g/mol. The first kappa shape index (κ1) is 14.5. The van der Waals surface area contributed by atoms with Crippen molar-refractivity contribution < 1.29 is 14.6 Å². The standard InChI is InChI=1S/C13H25NO3/c1-13(2,12(16)17-3)9-14-7-10-5-4-6-11(10)8-15/h10-11,14-15H,4-9H2,1-3H3. The van der Waals surface area contributed by atoms with Gasteiger partial charge in [0.25, 0.3) is 0 Å². The van der Waals surface area contributed by atoms with Crippen molar-refractivity contribution in [3.8, 4) is 0 Å². The quantitative estimate of drug-likeness (QED) is 0.688. The minimum Gasteiger partial charge on any atom is -0.469 e. The van der Waals surface area contributed by atoms with E-state index in [1.165, 1.54) is 20.0 Å². The van der Waals surface area contributed by atoms with Gasteiger partial charge in [-0.05, 0) is 45.1 Å². The third-order valence-electron chi connectivity index (χ3n) is 3.76. The molecule has 0 aromatic rings. The summed E-state index contributed by atoms with van der Waals surface area (Å²) in [6, 6.07) is 0. The number of hydrogen-bond acceptors (Lipinski definition) is 4. The van der Waals surface area contributed by atoms with Gasteiger partial charge < -0.3 is 15.2 Å². The number of hydrogen-bond donors (Lipinski definition) is 2. The molecule has 1 aliphatic carbocycles. The second-order valence-corrected chi connectivity index (χ2v) is 5.64. The van der Waals surface area contributed by atoms with Gasteiger partial charge in [-0.3, -0.25) is 4.79 Å². The van der Waals surface area contributed by atoms with Crippen molar-refractivity contribution in [2.45, 2.75) is 33.1 Å². The topological polar surface area (TPSA) is 58.6 Å². The molecule has 2 N–H and O–H groups in total. The smallest absolute Gasteiger partial charge is 0.312 e. The molecule has 2 atom stereocenters. The van der Waals surface area contributed by atoms with Gasteiger partial charge in [-0.2, -0.15) is 0 Å². The van der Waals surface area contributed by atoms with Crippen LogP contribution in [0.2, 0.25) is 0 Å². The molecule has 0 bridgehead atoms. The molecule has 0 radical (unpaired) electrons. The molecule has 0 amide bonds. The van der Waals surface area contributed by atoms with E-state index in [1.807, 2.05) is 13.8 Å². The van der Waals surface area contributed by atoms with Gasteiger partial charge in [0.05, 0.1) is 12.5 Å². The lowest BCUT2D eigenvalue weighted by molar-refractivity contribution is -0.150. The summed E-state index contributed by atoms with van der Waals surface area (Å²) < 4.78 is 4.76. The third-order valence-corrected chi connectivity index (χ3v) is 3.76. The van der Waals surface area contributed by atoms with Crippen LogP contribution >= 0.6 is 0 Å². The Morgan fingerprint density at radius 2 is 2.06 bits per heavy atom. The van der Waals surface area contributed by atoms with Crippen molar-refractivity contribution in [1.82, 2.24) is 5.32 Å².